The van der Waals surface area contributed by atoms with Crippen LogP contribution >= 0.6 is 0 Å². The fraction of sp³-hybridized carbons (Fsp3) is 0.741. The number of carbonyl (C=O) groups is 1. The summed E-state index contributed by atoms with van der Waals surface area (Å²) in [5.41, 5.74) is 3.62. The van der Waals surface area contributed by atoms with E-state index in [-0.39, 0.29) is 5.97 Å². The number of hydrogen-bond acceptors (Lipinski definition) is 4. The van der Waals surface area contributed by atoms with E-state index >= 15 is 0 Å². The second-order valence-corrected chi connectivity index (χ2v) is 10.3. The molecule has 4 nitrogen and oxygen atoms in total. The second-order valence-electron chi connectivity index (χ2n) is 10.3. The topological polar surface area (TPSA) is 66.8 Å². The Morgan fingerprint density at radius 1 is 1.32 bits per heavy atom. The SMILES string of the molecule is C=C1/C(=C/C=C2\CCC[C@]3(C)[C@@H]([C@H](C)CCCC(=O)OCC)CC[C@@H]23)C[C@H](O)C[C@@H]1O. The zero-order valence-corrected chi connectivity index (χ0v) is 19.7. The van der Waals surface area contributed by atoms with Crippen molar-refractivity contribution in [3.8, 4) is 0 Å². The number of carbonyl (C=O) groups excluding carboxylic acids is 1. The molecule has 0 radical (unpaired) electrons. The molecular formula is C27H42O4. The van der Waals surface area contributed by atoms with Crippen molar-refractivity contribution in [2.75, 3.05) is 6.61 Å². The Bertz CT molecular complexity index is 721. The molecule has 3 rings (SSSR count). The molecule has 0 aromatic heterocycles. The minimum absolute atomic E-state index is 0.0688. The van der Waals surface area contributed by atoms with E-state index in [9.17, 15) is 15.0 Å². The average molecular weight is 431 g/mol. The molecule has 0 saturated heterocycles. The van der Waals surface area contributed by atoms with Crippen LogP contribution in [0, 0.1) is 23.2 Å². The van der Waals surface area contributed by atoms with Crippen LogP contribution in [0.5, 0.6) is 0 Å². The van der Waals surface area contributed by atoms with Gasteiger partial charge >= 0.3 is 5.97 Å². The first-order valence-electron chi connectivity index (χ1n) is 12.4. The van der Waals surface area contributed by atoms with Gasteiger partial charge in [-0.2, -0.15) is 0 Å². The molecule has 0 bridgehead atoms. The first kappa shape index (κ1) is 24.3. The van der Waals surface area contributed by atoms with Crippen molar-refractivity contribution >= 4 is 5.97 Å². The molecule has 4 heteroatoms. The molecule has 0 aliphatic heterocycles. The van der Waals surface area contributed by atoms with E-state index in [1.165, 1.54) is 31.3 Å². The maximum absolute atomic E-state index is 11.7. The van der Waals surface area contributed by atoms with E-state index in [2.05, 4.69) is 32.6 Å². The lowest BCUT2D eigenvalue weighted by Gasteiger charge is -2.44. The van der Waals surface area contributed by atoms with Crippen LogP contribution in [0.3, 0.4) is 0 Å². The largest absolute Gasteiger partial charge is 0.466 e. The first-order valence-corrected chi connectivity index (χ1v) is 12.4. The average Bonchev–Trinajstić information content (AvgIpc) is 3.07. The Labute approximate surface area is 188 Å². The van der Waals surface area contributed by atoms with Crippen molar-refractivity contribution < 1.29 is 19.7 Å². The zero-order valence-electron chi connectivity index (χ0n) is 19.7. The van der Waals surface area contributed by atoms with Gasteiger partial charge in [0.15, 0.2) is 0 Å². The van der Waals surface area contributed by atoms with Gasteiger partial charge in [-0.15, -0.1) is 0 Å². The summed E-state index contributed by atoms with van der Waals surface area (Å²) in [6, 6.07) is 0. The molecule has 0 spiro atoms. The summed E-state index contributed by atoms with van der Waals surface area (Å²) in [5.74, 6) is 1.86. The van der Waals surface area contributed by atoms with Gasteiger partial charge in [-0.25, -0.2) is 0 Å². The van der Waals surface area contributed by atoms with Crippen LogP contribution in [-0.4, -0.2) is 35.0 Å². The highest BCUT2D eigenvalue weighted by Gasteiger charge is 2.50. The van der Waals surface area contributed by atoms with Crippen LogP contribution in [0.1, 0.15) is 85.0 Å². The lowest BCUT2D eigenvalue weighted by molar-refractivity contribution is -0.143. The monoisotopic (exact) mass is 430 g/mol. The Morgan fingerprint density at radius 2 is 2.10 bits per heavy atom. The molecule has 3 aliphatic rings. The Balaban J connectivity index is 1.66. The summed E-state index contributed by atoms with van der Waals surface area (Å²) in [5, 5.41) is 20.2. The molecule has 31 heavy (non-hydrogen) atoms. The Hall–Kier alpha value is -1.39. The zero-order chi connectivity index (χ0) is 22.6. The van der Waals surface area contributed by atoms with Crippen LogP contribution in [0.25, 0.3) is 0 Å². The lowest BCUT2D eigenvalue weighted by Crippen LogP contribution is -2.36. The summed E-state index contributed by atoms with van der Waals surface area (Å²) in [6.45, 7) is 11.2. The fourth-order valence-corrected chi connectivity index (χ4v) is 6.68. The number of hydrogen-bond donors (Lipinski definition) is 2. The van der Waals surface area contributed by atoms with Crippen molar-refractivity contribution in [2.45, 2.75) is 97.2 Å². The highest BCUT2D eigenvalue weighted by molar-refractivity contribution is 5.69. The van der Waals surface area contributed by atoms with Gasteiger partial charge in [0.25, 0.3) is 0 Å². The smallest absolute Gasteiger partial charge is 0.305 e. The number of allylic oxidation sites excluding steroid dienone is 3. The van der Waals surface area contributed by atoms with Crippen LogP contribution in [0.15, 0.2) is 35.5 Å². The van der Waals surface area contributed by atoms with Crippen molar-refractivity contribution in [1.82, 2.24) is 0 Å². The van der Waals surface area contributed by atoms with E-state index in [0.29, 0.717) is 49.0 Å². The predicted molar refractivity (Wildman–Crippen MR) is 124 cm³/mol. The maximum atomic E-state index is 11.7. The Kier molecular flexibility index (Phi) is 8.20. The third-order valence-corrected chi connectivity index (χ3v) is 8.33. The van der Waals surface area contributed by atoms with Gasteiger partial charge in [0, 0.05) is 12.8 Å². The van der Waals surface area contributed by atoms with E-state index in [0.717, 1.165) is 30.4 Å². The van der Waals surface area contributed by atoms with Crippen molar-refractivity contribution in [1.29, 1.82) is 0 Å². The van der Waals surface area contributed by atoms with Gasteiger partial charge in [0.1, 0.15) is 0 Å². The molecule has 0 heterocycles. The van der Waals surface area contributed by atoms with E-state index in [4.69, 9.17) is 4.74 Å². The first-order chi connectivity index (χ1) is 14.8. The predicted octanol–water partition coefficient (Wildman–Crippen LogP) is 5.50. The van der Waals surface area contributed by atoms with Gasteiger partial charge in [0.2, 0.25) is 0 Å². The molecule has 6 atom stereocenters. The van der Waals surface area contributed by atoms with E-state index in [1.54, 1.807) is 0 Å². The van der Waals surface area contributed by atoms with Gasteiger partial charge in [-0.3, -0.25) is 4.79 Å². The number of aliphatic hydroxyl groups is 2. The van der Waals surface area contributed by atoms with E-state index < -0.39 is 12.2 Å². The number of fused-ring (bicyclic) bond motifs is 1. The molecular weight excluding hydrogens is 388 g/mol. The van der Waals surface area contributed by atoms with E-state index in [1.807, 2.05) is 6.92 Å². The quantitative estimate of drug-likeness (QED) is 0.524. The van der Waals surface area contributed by atoms with Gasteiger partial charge < -0.3 is 14.9 Å². The van der Waals surface area contributed by atoms with Crippen molar-refractivity contribution in [3.05, 3.63) is 35.5 Å². The molecule has 0 amide bonds. The maximum Gasteiger partial charge on any atom is 0.305 e. The number of esters is 1. The molecule has 0 aromatic carbocycles. The molecule has 3 aliphatic carbocycles. The molecule has 174 valence electrons. The fourth-order valence-electron chi connectivity index (χ4n) is 6.68. The normalized spacial score (nSPS) is 37.1. The van der Waals surface area contributed by atoms with Crippen molar-refractivity contribution in [3.63, 3.8) is 0 Å². The molecule has 2 N–H and O–H groups in total. The minimum Gasteiger partial charge on any atom is -0.466 e. The van der Waals surface area contributed by atoms with Crippen LogP contribution in [-0.2, 0) is 9.53 Å². The summed E-state index contributed by atoms with van der Waals surface area (Å²) >= 11 is 0. The van der Waals surface area contributed by atoms with Crippen LogP contribution in [0.2, 0.25) is 0 Å². The molecule has 3 fully saturated rings. The number of rotatable bonds is 7. The third kappa shape index (κ3) is 5.51. The van der Waals surface area contributed by atoms with Crippen molar-refractivity contribution in [2.24, 2.45) is 23.2 Å². The molecule has 3 saturated carbocycles. The lowest BCUT2D eigenvalue weighted by atomic mass is 9.60. The number of ether oxygens (including phenoxy) is 1. The third-order valence-electron chi connectivity index (χ3n) is 8.33. The number of aliphatic hydroxyl groups excluding tert-OH is 2. The standard InChI is InChI=1S/C27H42O4/c1-5-31-26(30)10-6-8-18(2)23-13-14-24-20(9-7-15-27(23,24)4)11-12-21-16-22(28)17-25(29)19(21)3/h11-12,18,22-25,28-29H,3,5-10,13-17H2,1-2,4H3/b20-11+,21-12+/t18-,22+,23-,24+,25+,27-/m1/s1. The molecule has 0 unspecified atom stereocenters. The summed E-state index contributed by atoms with van der Waals surface area (Å²) in [4.78, 5) is 11.7. The van der Waals surface area contributed by atoms with Gasteiger partial charge in [-0.05, 0) is 92.6 Å². The highest BCUT2D eigenvalue weighted by atomic mass is 16.5. The summed E-state index contributed by atoms with van der Waals surface area (Å²) in [7, 11) is 0. The van der Waals surface area contributed by atoms with Gasteiger partial charge in [-0.1, -0.05) is 38.2 Å². The van der Waals surface area contributed by atoms with Crippen LogP contribution in [0.4, 0.5) is 0 Å². The van der Waals surface area contributed by atoms with Crippen LogP contribution < -0.4 is 0 Å². The molecule has 0 aromatic rings. The summed E-state index contributed by atoms with van der Waals surface area (Å²) in [6.07, 6.45) is 13.0. The second kappa shape index (κ2) is 10.5. The van der Waals surface area contributed by atoms with Gasteiger partial charge in [0.05, 0.1) is 18.8 Å². The highest BCUT2D eigenvalue weighted by Crippen LogP contribution is 2.59. The minimum atomic E-state index is -0.628. The Morgan fingerprint density at radius 3 is 2.84 bits per heavy atom. The summed E-state index contributed by atoms with van der Waals surface area (Å²) < 4.78 is 5.08.